The third-order valence-corrected chi connectivity index (χ3v) is 6.94. The van der Waals surface area contributed by atoms with Crippen molar-refractivity contribution in [3.8, 4) is 22.4 Å². The van der Waals surface area contributed by atoms with Crippen LogP contribution in [0.5, 0.6) is 0 Å². The van der Waals surface area contributed by atoms with Crippen LogP contribution < -0.4 is 5.32 Å². The molecule has 0 spiro atoms. The lowest BCUT2D eigenvalue weighted by Gasteiger charge is -2.17. The first kappa shape index (κ1) is 31.2. The first-order valence-corrected chi connectivity index (χ1v) is 14.2. The molecule has 0 aliphatic heterocycles. The summed E-state index contributed by atoms with van der Waals surface area (Å²) in [6, 6.07) is 27.8. The lowest BCUT2D eigenvalue weighted by atomic mass is 9.94. The number of carboxylic acids is 1. The van der Waals surface area contributed by atoms with Gasteiger partial charge < -0.3 is 25.4 Å². The second kappa shape index (κ2) is 14.4. The number of carbonyl (C=O) groups excluding carboxylic acids is 2. The van der Waals surface area contributed by atoms with Crippen molar-refractivity contribution in [3.63, 3.8) is 0 Å². The van der Waals surface area contributed by atoms with Crippen molar-refractivity contribution < 1.29 is 34.4 Å². The van der Waals surface area contributed by atoms with Gasteiger partial charge in [-0.15, -0.1) is 0 Å². The minimum absolute atomic E-state index is 0.00569. The second-order valence-electron chi connectivity index (χ2n) is 10.6. The molecule has 0 unspecified atom stereocenters. The van der Waals surface area contributed by atoms with Crippen molar-refractivity contribution >= 4 is 23.7 Å². The zero-order valence-electron chi connectivity index (χ0n) is 24.1. The predicted molar refractivity (Wildman–Crippen MR) is 164 cm³/mol. The molecule has 0 saturated carbocycles. The van der Waals surface area contributed by atoms with Crippen LogP contribution in [0.3, 0.4) is 0 Å². The van der Waals surface area contributed by atoms with Gasteiger partial charge in [0.15, 0.2) is 0 Å². The minimum Gasteiger partial charge on any atom is -0.481 e. The summed E-state index contributed by atoms with van der Waals surface area (Å²) in [5.74, 6) is -1.82. The van der Waals surface area contributed by atoms with Crippen LogP contribution in [0, 0.1) is 0 Å². The Morgan fingerprint density at radius 3 is 1.93 bits per heavy atom. The number of rotatable bonds is 12. The summed E-state index contributed by atoms with van der Waals surface area (Å²) in [4.78, 5) is 38.8. The molecule has 0 bridgehead atoms. The minimum atomic E-state index is -1.22. The highest BCUT2D eigenvalue weighted by Crippen LogP contribution is 2.42. The number of carboxylic acid groups (broad SMARTS) is 1. The van der Waals surface area contributed by atoms with Crippen molar-refractivity contribution in [1.82, 2.24) is 4.57 Å². The van der Waals surface area contributed by atoms with Gasteiger partial charge in [0.2, 0.25) is 0 Å². The Hall–Kier alpha value is -4.73. The van der Waals surface area contributed by atoms with E-state index in [1.165, 1.54) is 4.57 Å². The molecule has 4 aromatic rings. The Balaban J connectivity index is 1.80. The van der Waals surface area contributed by atoms with E-state index in [1.807, 2.05) is 92.7 Å². The van der Waals surface area contributed by atoms with Crippen LogP contribution in [0.15, 0.2) is 91.0 Å². The van der Waals surface area contributed by atoms with Crippen molar-refractivity contribution in [3.05, 3.63) is 102 Å². The number of aliphatic hydroxyl groups is 2. The molecule has 0 radical (unpaired) electrons. The fourth-order valence-electron chi connectivity index (χ4n) is 5.09. The first-order chi connectivity index (χ1) is 20.7. The Morgan fingerprint density at radius 1 is 0.814 bits per heavy atom. The number of nitrogens with zero attached hydrogens (tertiary/aromatic N) is 1. The van der Waals surface area contributed by atoms with Crippen LogP contribution in [-0.4, -0.2) is 56.7 Å². The summed E-state index contributed by atoms with van der Waals surface area (Å²) in [7, 11) is 0. The number of nitrogens with one attached hydrogen (secondary N) is 1. The Kier molecular flexibility index (Phi) is 10.5. The number of hydrogen-bond acceptors (Lipinski definition) is 6. The van der Waals surface area contributed by atoms with E-state index in [1.54, 1.807) is 12.1 Å². The number of aliphatic hydroxyl groups excluding tert-OH is 2. The molecule has 9 nitrogen and oxygen atoms in total. The van der Waals surface area contributed by atoms with Gasteiger partial charge in [0.25, 0.3) is 5.91 Å². The molecule has 0 aliphatic carbocycles. The highest BCUT2D eigenvalue weighted by molar-refractivity contribution is 6.13. The smallest absolute Gasteiger partial charge is 0.418 e. The Bertz CT molecular complexity index is 1530. The number of para-hydroxylation sites is 1. The molecule has 3 aromatic carbocycles. The molecule has 1 amide bonds. The number of anilines is 1. The first-order valence-electron chi connectivity index (χ1n) is 14.2. The number of aliphatic carboxylic acids is 1. The largest absolute Gasteiger partial charge is 0.481 e. The molecule has 4 N–H and O–H groups in total. The Labute approximate surface area is 250 Å². The van der Waals surface area contributed by atoms with E-state index in [4.69, 9.17) is 9.84 Å². The van der Waals surface area contributed by atoms with Crippen molar-refractivity contribution in [2.45, 2.75) is 51.2 Å². The quantitative estimate of drug-likeness (QED) is 0.156. The lowest BCUT2D eigenvalue weighted by molar-refractivity contribution is -0.139. The Morgan fingerprint density at radius 2 is 1.37 bits per heavy atom. The molecule has 1 heterocycles. The number of hydrogen-bond donors (Lipinski definition) is 4. The fourth-order valence-corrected chi connectivity index (χ4v) is 5.09. The van der Waals surface area contributed by atoms with Gasteiger partial charge in [0.05, 0.1) is 36.5 Å². The maximum Gasteiger partial charge on any atom is 0.418 e. The molecule has 9 heteroatoms. The summed E-state index contributed by atoms with van der Waals surface area (Å²) >= 11 is 0. The van der Waals surface area contributed by atoms with Gasteiger partial charge in [-0.05, 0) is 35.6 Å². The number of ether oxygens (including phenoxy) is 1. The topological polar surface area (TPSA) is 138 Å². The molecule has 0 aliphatic rings. The van der Waals surface area contributed by atoms with Crippen molar-refractivity contribution in [2.75, 3.05) is 11.9 Å². The molecule has 4 rings (SSSR count). The standard InChI is InChI=1S/C34H36N2O7/c1-22(2)31-30(33(41)35-25-16-10-5-11-17-25)29(23-12-6-3-7-13-23)32(24-14-8-4-9-15-24)36(31)34(42)43-19-18-26(37)20-27(38)21-28(39)40/h3-17,22,26-27,37-38H,18-21H2,1-2H3,(H,35,41)(H,39,40)/t26-,27-/m1/s1. The summed E-state index contributed by atoms with van der Waals surface area (Å²) < 4.78 is 7.09. The normalized spacial score (nSPS) is 12.5. The second-order valence-corrected chi connectivity index (χ2v) is 10.6. The van der Waals surface area contributed by atoms with Gasteiger partial charge in [0, 0.05) is 23.4 Å². The monoisotopic (exact) mass is 584 g/mol. The van der Waals surface area contributed by atoms with Crippen molar-refractivity contribution in [2.24, 2.45) is 0 Å². The number of aromatic nitrogens is 1. The fraction of sp³-hybridized carbons (Fsp3) is 0.265. The summed E-state index contributed by atoms with van der Waals surface area (Å²) in [5, 5.41) is 32.0. The van der Waals surface area contributed by atoms with Crippen LogP contribution in [0.25, 0.3) is 22.4 Å². The van der Waals surface area contributed by atoms with Gasteiger partial charge in [-0.25, -0.2) is 9.36 Å². The van der Waals surface area contributed by atoms with Crippen LogP contribution in [0.2, 0.25) is 0 Å². The third kappa shape index (κ3) is 7.77. The maximum absolute atomic E-state index is 14.1. The molecule has 1 aromatic heterocycles. The number of benzene rings is 3. The van der Waals surface area contributed by atoms with E-state index in [0.29, 0.717) is 33.8 Å². The maximum atomic E-state index is 14.1. The molecular formula is C34H36N2O7. The summed E-state index contributed by atoms with van der Waals surface area (Å²) in [5.41, 5.74) is 3.95. The lowest BCUT2D eigenvalue weighted by Crippen LogP contribution is -2.24. The highest BCUT2D eigenvalue weighted by Gasteiger charge is 2.33. The summed E-state index contributed by atoms with van der Waals surface area (Å²) in [6.45, 7) is 3.61. The van der Waals surface area contributed by atoms with Crippen LogP contribution in [-0.2, 0) is 9.53 Å². The predicted octanol–water partition coefficient (Wildman–Crippen LogP) is 6.16. The molecule has 224 valence electrons. The zero-order chi connectivity index (χ0) is 30.9. The van der Waals surface area contributed by atoms with E-state index in [0.717, 1.165) is 5.56 Å². The number of amides is 1. The average molecular weight is 585 g/mol. The SMILES string of the molecule is CC(C)c1c(C(=O)Nc2ccccc2)c(-c2ccccc2)c(-c2ccccc2)n1C(=O)OCC[C@@H](O)C[C@@H](O)CC(=O)O. The molecule has 2 atom stereocenters. The summed E-state index contributed by atoms with van der Waals surface area (Å²) in [6.07, 6.45) is -3.68. The van der Waals surface area contributed by atoms with E-state index < -0.39 is 30.7 Å². The van der Waals surface area contributed by atoms with Gasteiger partial charge in [0.1, 0.15) is 0 Å². The van der Waals surface area contributed by atoms with E-state index >= 15 is 0 Å². The van der Waals surface area contributed by atoms with Crippen LogP contribution in [0.4, 0.5) is 10.5 Å². The van der Waals surface area contributed by atoms with E-state index in [-0.39, 0.29) is 31.3 Å². The van der Waals surface area contributed by atoms with Gasteiger partial charge >= 0.3 is 12.1 Å². The van der Waals surface area contributed by atoms with E-state index in [2.05, 4.69) is 5.32 Å². The highest BCUT2D eigenvalue weighted by atomic mass is 16.5. The van der Waals surface area contributed by atoms with Gasteiger partial charge in [-0.2, -0.15) is 0 Å². The molecular weight excluding hydrogens is 548 g/mol. The molecule has 0 fully saturated rings. The van der Waals surface area contributed by atoms with Crippen LogP contribution in [0.1, 0.15) is 55.1 Å². The molecule has 43 heavy (non-hydrogen) atoms. The third-order valence-electron chi connectivity index (χ3n) is 6.94. The van der Waals surface area contributed by atoms with Gasteiger partial charge in [-0.1, -0.05) is 92.7 Å². The molecule has 0 saturated heterocycles. The van der Waals surface area contributed by atoms with Gasteiger partial charge in [-0.3, -0.25) is 9.59 Å². The zero-order valence-corrected chi connectivity index (χ0v) is 24.1. The van der Waals surface area contributed by atoms with E-state index in [9.17, 15) is 24.6 Å². The van der Waals surface area contributed by atoms with Crippen molar-refractivity contribution in [1.29, 1.82) is 0 Å². The number of carbonyl (C=O) groups is 3. The van der Waals surface area contributed by atoms with Crippen LogP contribution >= 0.6 is 0 Å². The average Bonchev–Trinajstić information content (AvgIpc) is 3.35.